The molecular formula is C34H28O4. The van der Waals surface area contributed by atoms with Crippen LogP contribution in [0, 0.1) is 0 Å². The topological polar surface area (TPSA) is 36.9 Å². The summed E-state index contributed by atoms with van der Waals surface area (Å²) in [5.41, 5.74) is 8.99. The van der Waals surface area contributed by atoms with Crippen molar-refractivity contribution in [3.63, 3.8) is 0 Å². The first-order chi connectivity index (χ1) is 18.7. The molecule has 6 rings (SSSR count). The maximum absolute atomic E-state index is 5.73. The molecule has 0 amide bonds. The Bertz CT molecular complexity index is 1710. The Labute approximate surface area is 222 Å². The van der Waals surface area contributed by atoms with Crippen LogP contribution in [0.3, 0.4) is 0 Å². The first-order valence-electron chi connectivity index (χ1n) is 12.5. The summed E-state index contributed by atoms with van der Waals surface area (Å²) in [6.07, 6.45) is 0. The Morgan fingerprint density at radius 3 is 1.42 bits per heavy atom. The van der Waals surface area contributed by atoms with Gasteiger partial charge in [-0.1, -0.05) is 72.8 Å². The highest BCUT2D eigenvalue weighted by molar-refractivity contribution is 6.18. The zero-order chi connectivity index (χ0) is 26.2. The third-order valence-electron chi connectivity index (χ3n) is 7.26. The number of benzene rings is 5. The van der Waals surface area contributed by atoms with Gasteiger partial charge in [0.25, 0.3) is 0 Å². The van der Waals surface area contributed by atoms with Gasteiger partial charge in [-0.05, 0) is 79.6 Å². The molecule has 0 N–H and O–H groups in total. The van der Waals surface area contributed by atoms with Crippen LogP contribution < -0.4 is 18.9 Å². The monoisotopic (exact) mass is 500 g/mol. The lowest BCUT2D eigenvalue weighted by atomic mass is 9.85. The molecule has 1 aliphatic carbocycles. The van der Waals surface area contributed by atoms with Gasteiger partial charge in [-0.25, -0.2) is 0 Å². The van der Waals surface area contributed by atoms with Crippen molar-refractivity contribution in [3.05, 3.63) is 119 Å². The van der Waals surface area contributed by atoms with Gasteiger partial charge in [-0.2, -0.15) is 0 Å². The molecule has 0 aliphatic heterocycles. The summed E-state index contributed by atoms with van der Waals surface area (Å²) >= 11 is 0. The SMILES string of the molecule is COc1ccc(C2=C(c3ccc(OC)c(OC)c3)c3cccc4cccc(c34)-c3ccccc32)cc1OC. The van der Waals surface area contributed by atoms with E-state index >= 15 is 0 Å². The van der Waals surface area contributed by atoms with Crippen LogP contribution in [-0.2, 0) is 0 Å². The van der Waals surface area contributed by atoms with Crippen LogP contribution in [0.1, 0.15) is 22.3 Å². The van der Waals surface area contributed by atoms with Gasteiger partial charge in [-0.3, -0.25) is 0 Å². The summed E-state index contributed by atoms with van der Waals surface area (Å²) in [4.78, 5) is 0. The zero-order valence-electron chi connectivity index (χ0n) is 21.9. The molecule has 0 bridgehead atoms. The average Bonchev–Trinajstić information content (AvgIpc) is 3.10. The van der Waals surface area contributed by atoms with Gasteiger partial charge in [0.05, 0.1) is 28.4 Å². The quantitative estimate of drug-likeness (QED) is 0.233. The summed E-state index contributed by atoms with van der Waals surface area (Å²) in [6, 6.07) is 33.9. The molecule has 0 radical (unpaired) electrons. The molecule has 188 valence electrons. The van der Waals surface area contributed by atoms with E-state index in [1.807, 2.05) is 12.1 Å². The van der Waals surface area contributed by atoms with Crippen LogP contribution in [0.4, 0.5) is 0 Å². The average molecular weight is 501 g/mol. The second-order valence-corrected chi connectivity index (χ2v) is 9.14. The van der Waals surface area contributed by atoms with E-state index in [0.29, 0.717) is 23.0 Å². The normalized spacial score (nSPS) is 12.1. The van der Waals surface area contributed by atoms with Crippen LogP contribution >= 0.6 is 0 Å². The van der Waals surface area contributed by atoms with Crippen LogP contribution in [0.25, 0.3) is 33.0 Å². The molecule has 0 unspecified atom stereocenters. The van der Waals surface area contributed by atoms with Crippen molar-refractivity contribution in [2.24, 2.45) is 0 Å². The second kappa shape index (κ2) is 9.64. The Hall–Kier alpha value is -4.70. The summed E-state index contributed by atoms with van der Waals surface area (Å²) < 4.78 is 22.6. The van der Waals surface area contributed by atoms with E-state index in [0.717, 1.165) is 33.4 Å². The van der Waals surface area contributed by atoms with Crippen molar-refractivity contribution in [1.29, 1.82) is 0 Å². The molecule has 4 heteroatoms. The fourth-order valence-corrected chi connectivity index (χ4v) is 5.56. The highest BCUT2D eigenvalue weighted by Crippen LogP contribution is 2.49. The van der Waals surface area contributed by atoms with E-state index in [1.165, 1.54) is 21.9 Å². The minimum atomic E-state index is 0.682. The largest absolute Gasteiger partial charge is 0.493 e. The summed E-state index contributed by atoms with van der Waals surface area (Å²) in [7, 11) is 6.65. The minimum Gasteiger partial charge on any atom is -0.493 e. The van der Waals surface area contributed by atoms with Gasteiger partial charge in [-0.15, -0.1) is 0 Å². The number of hydrogen-bond donors (Lipinski definition) is 0. The standard InChI is InChI=1S/C34H28O4/c1-35-28-17-15-22(19-30(28)37-3)33-26-12-6-5-11-24(26)25-13-7-9-21-10-8-14-27(32(21)25)34(33)23-16-18-29(36-2)31(20-23)38-4/h5-20H,1-4H3. The molecule has 0 aromatic heterocycles. The molecule has 0 fully saturated rings. The summed E-state index contributed by atoms with van der Waals surface area (Å²) in [5, 5.41) is 2.42. The Morgan fingerprint density at radius 1 is 0.395 bits per heavy atom. The highest BCUT2D eigenvalue weighted by Gasteiger charge is 2.26. The minimum absolute atomic E-state index is 0.682. The predicted octanol–water partition coefficient (Wildman–Crippen LogP) is 7.86. The van der Waals surface area contributed by atoms with Gasteiger partial charge in [0.15, 0.2) is 23.0 Å². The smallest absolute Gasteiger partial charge is 0.161 e. The molecule has 0 atom stereocenters. The second-order valence-electron chi connectivity index (χ2n) is 9.14. The fraction of sp³-hybridized carbons (Fsp3) is 0.118. The van der Waals surface area contributed by atoms with Crippen molar-refractivity contribution in [2.45, 2.75) is 0 Å². The number of rotatable bonds is 6. The lowest BCUT2D eigenvalue weighted by Gasteiger charge is -2.20. The predicted molar refractivity (Wildman–Crippen MR) is 153 cm³/mol. The maximum Gasteiger partial charge on any atom is 0.161 e. The molecule has 0 spiro atoms. The van der Waals surface area contributed by atoms with Crippen LogP contribution in [0.5, 0.6) is 23.0 Å². The van der Waals surface area contributed by atoms with E-state index in [2.05, 4.69) is 84.9 Å². The van der Waals surface area contributed by atoms with Gasteiger partial charge in [0.1, 0.15) is 0 Å². The van der Waals surface area contributed by atoms with Gasteiger partial charge in [0, 0.05) is 0 Å². The van der Waals surface area contributed by atoms with E-state index in [-0.39, 0.29) is 0 Å². The Kier molecular flexibility index (Phi) is 6.01. The van der Waals surface area contributed by atoms with Crippen LogP contribution in [-0.4, -0.2) is 28.4 Å². The number of fused-ring (bicyclic) bond motifs is 2. The highest BCUT2D eigenvalue weighted by atomic mass is 16.5. The number of methoxy groups -OCH3 is 4. The van der Waals surface area contributed by atoms with Crippen molar-refractivity contribution in [2.75, 3.05) is 28.4 Å². The first kappa shape index (κ1) is 23.7. The lowest BCUT2D eigenvalue weighted by molar-refractivity contribution is 0.355. The lowest BCUT2D eigenvalue weighted by Crippen LogP contribution is -1.99. The van der Waals surface area contributed by atoms with Crippen molar-refractivity contribution < 1.29 is 18.9 Å². The molecule has 38 heavy (non-hydrogen) atoms. The molecule has 0 heterocycles. The third-order valence-corrected chi connectivity index (χ3v) is 7.26. The maximum atomic E-state index is 5.73. The molecule has 1 aliphatic rings. The third kappa shape index (κ3) is 3.69. The first-order valence-corrected chi connectivity index (χ1v) is 12.5. The Morgan fingerprint density at radius 2 is 0.868 bits per heavy atom. The van der Waals surface area contributed by atoms with E-state index < -0.39 is 0 Å². The number of hydrogen-bond acceptors (Lipinski definition) is 4. The molecular weight excluding hydrogens is 472 g/mol. The van der Waals surface area contributed by atoms with E-state index in [9.17, 15) is 0 Å². The molecule has 0 saturated carbocycles. The number of ether oxygens (including phenoxy) is 4. The van der Waals surface area contributed by atoms with Crippen LogP contribution in [0.2, 0.25) is 0 Å². The van der Waals surface area contributed by atoms with Gasteiger partial charge in [0.2, 0.25) is 0 Å². The van der Waals surface area contributed by atoms with Crippen molar-refractivity contribution in [3.8, 4) is 34.1 Å². The van der Waals surface area contributed by atoms with Gasteiger partial charge >= 0.3 is 0 Å². The van der Waals surface area contributed by atoms with Gasteiger partial charge < -0.3 is 18.9 Å². The zero-order valence-corrected chi connectivity index (χ0v) is 21.9. The fourth-order valence-electron chi connectivity index (χ4n) is 5.56. The summed E-state index contributed by atoms with van der Waals surface area (Å²) in [5.74, 6) is 2.75. The van der Waals surface area contributed by atoms with E-state index in [1.54, 1.807) is 28.4 Å². The Balaban J connectivity index is 1.81. The van der Waals surface area contributed by atoms with Crippen molar-refractivity contribution >= 4 is 21.9 Å². The molecule has 0 saturated heterocycles. The summed E-state index contributed by atoms with van der Waals surface area (Å²) in [6.45, 7) is 0. The van der Waals surface area contributed by atoms with Crippen LogP contribution in [0.15, 0.2) is 97.1 Å². The molecule has 5 aromatic rings. The molecule has 5 aromatic carbocycles. The van der Waals surface area contributed by atoms with Crippen molar-refractivity contribution in [1.82, 2.24) is 0 Å². The molecule has 4 nitrogen and oxygen atoms in total. The van der Waals surface area contributed by atoms with E-state index in [4.69, 9.17) is 18.9 Å².